The number of rotatable bonds is 2. The minimum Gasteiger partial charge on any atom is -0.495 e. The highest BCUT2D eigenvalue weighted by molar-refractivity contribution is 7.80. The van der Waals surface area contributed by atoms with E-state index in [4.69, 9.17) is 28.6 Å². The van der Waals surface area contributed by atoms with Crippen LogP contribution in [0.15, 0.2) is 23.9 Å². The van der Waals surface area contributed by atoms with E-state index < -0.39 is 0 Å². The van der Waals surface area contributed by atoms with Gasteiger partial charge in [0.05, 0.1) is 12.1 Å². The van der Waals surface area contributed by atoms with Crippen LogP contribution in [-0.2, 0) is 4.79 Å². The summed E-state index contributed by atoms with van der Waals surface area (Å²) >= 11 is 11.2. The summed E-state index contributed by atoms with van der Waals surface area (Å²) in [6, 6.07) is 5.34. The average Bonchev–Trinajstić information content (AvgIpc) is 2.57. The number of thiocarbonyl (C=S) groups is 1. The monoisotopic (exact) mass is 296 g/mol. The molecule has 0 aromatic heterocycles. The van der Waals surface area contributed by atoms with Crippen molar-refractivity contribution in [1.29, 1.82) is 0 Å². The second-order valence-electron chi connectivity index (χ2n) is 4.13. The van der Waals surface area contributed by atoms with E-state index in [2.05, 4.69) is 0 Å². The standard InChI is InChI=1S/C13H13ClN2O2S/c1-15-10(12(17)16(2)13(15)19)7-8-4-5-11(18-3)9(14)6-8/h4-7H,1-3H3/b10-7-. The summed E-state index contributed by atoms with van der Waals surface area (Å²) in [5.74, 6) is 0.474. The lowest BCUT2D eigenvalue weighted by Gasteiger charge is -2.11. The summed E-state index contributed by atoms with van der Waals surface area (Å²) in [6.45, 7) is 0. The molecule has 0 saturated carbocycles. The summed E-state index contributed by atoms with van der Waals surface area (Å²) in [5, 5.41) is 0.983. The molecule has 0 N–H and O–H groups in total. The van der Waals surface area contributed by atoms with Crippen LogP contribution in [0.3, 0.4) is 0 Å². The zero-order chi connectivity index (χ0) is 14.2. The van der Waals surface area contributed by atoms with Crippen LogP contribution < -0.4 is 4.74 Å². The van der Waals surface area contributed by atoms with Gasteiger partial charge in [0.2, 0.25) is 0 Å². The molecule has 100 valence electrons. The predicted molar refractivity (Wildman–Crippen MR) is 79.1 cm³/mol. The number of halogens is 1. The first-order valence-electron chi connectivity index (χ1n) is 5.56. The van der Waals surface area contributed by atoms with E-state index in [9.17, 15) is 4.79 Å². The Hall–Kier alpha value is -1.59. The lowest BCUT2D eigenvalue weighted by Crippen LogP contribution is -2.26. The molecule has 2 rings (SSSR count). The number of amides is 1. The molecule has 1 fully saturated rings. The zero-order valence-corrected chi connectivity index (χ0v) is 12.4. The minimum absolute atomic E-state index is 0.126. The molecule has 0 radical (unpaired) electrons. The van der Waals surface area contributed by atoms with Crippen LogP contribution in [0.4, 0.5) is 0 Å². The smallest absolute Gasteiger partial charge is 0.276 e. The Bertz CT molecular complexity index is 586. The number of nitrogens with zero attached hydrogens (tertiary/aromatic N) is 2. The lowest BCUT2D eigenvalue weighted by molar-refractivity contribution is -0.121. The number of hydrogen-bond acceptors (Lipinski definition) is 3. The average molecular weight is 297 g/mol. The molecule has 0 atom stereocenters. The second kappa shape index (κ2) is 5.19. The van der Waals surface area contributed by atoms with E-state index in [-0.39, 0.29) is 5.91 Å². The maximum atomic E-state index is 12.0. The summed E-state index contributed by atoms with van der Waals surface area (Å²) in [4.78, 5) is 15.1. The Balaban J connectivity index is 2.39. The third kappa shape index (κ3) is 2.43. The fraction of sp³-hybridized carbons (Fsp3) is 0.231. The van der Waals surface area contributed by atoms with Crippen molar-refractivity contribution in [2.75, 3.05) is 21.2 Å². The van der Waals surface area contributed by atoms with Crippen LogP contribution in [0, 0.1) is 0 Å². The number of methoxy groups -OCH3 is 1. The second-order valence-corrected chi connectivity index (χ2v) is 4.90. The topological polar surface area (TPSA) is 32.8 Å². The Kier molecular flexibility index (Phi) is 3.78. The molecule has 1 amide bonds. The molecule has 1 saturated heterocycles. The van der Waals surface area contributed by atoms with E-state index in [1.807, 2.05) is 6.07 Å². The van der Waals surface area contributed by atoms with Crippen molar-refractivity contribution in [3.05, 3.63) is 34.5 Å². The number of ether oxygens (including phenoxy) is 1. The normalized spacial score (nSPS) is 17.6. The van der Waals surface area contributed by atoms with Crippen molar-refractivity contribution in [2.24, 2.45) is 0 Å². The van der Waals surface area contributed by atoms with Crippen LogP contribution in [0.2, 0.25) is 5.02 Å². The third-order valence-corrected chi connectivity index (χ3v) is 3.78. The highest BCUT2D eigenvalue weighted by Crippen LogP contribution is 2.27. The van der Waals surface area contributed by atoms with Gasteiger partial charge in [-0.3, -0.25) is 9.69 Å². The fourth-order valence-electron chi connectivity index (χ4n) is 1.82. The molecule has 6 heteroatoms. The molecule has 0 spiro atoms. The van der Waals surface area contributed by atoms with Crippen LogP contribution in [0.25, 0.3) is 6.08 Å². The van der Waals surface area contributed by atoms with E-state index >= 15 is 0 Å². The molecule has 1 heterocycles. The number of benzene rings is 1. The quantitative estimate of drug-likeness (QED) is 0.620. The number of likely N-dealkylation sites (N-methyl/N-ethyl adjacent to an activating group) is 2. The SMILES string of the molecule is COc1ccc(/C=C2/C(=O)N(C)C(=S)N2C)cc1Cl. The third-order valence-electron chi connectivity index (χ3n) is 2.94. The van der Waals surface area contributed by atoms with Crippen molar-refractivity contribution in [2.45, 2.75) is 0 Å². The predicted octanol–water partition coefficient (Wildman–Crippen LogP) is 2.38. The van der Waals surface area contributed by atoms with Gasteiger partial charge in [-0.05, 0) is 36.0 Å². The Morgan fingerprint density at radius 1 is 1.32 bits per heavy atom. The highest BCUT2D eigenvalue weighted by atomic mass is 35.5. The van der Waals surface area contributed by atoms with Gasteiger partial charge in [0.1, 0.15) is 11.4 Å². The minimum atomic E-state index is -0.126. The van der Waals surface area contributed by atoms with Crippen molar-refractivity contribution in [3.63, 3.8) is 0 Å². The number of carbonyl (C=O) groups is 1. The first kappa shape index (κ1) is 13.8. The Morgan fingerprint density at radius 2 is 2.00 bits per heavy atom. The van der Waals surface area contributed by atoms with Crippen LogP contribution in [0.1, 0.15) is 5.56 Å². The first-order valence-corrected chi connectivity index (χ1v) is 6.35. The molecule has 19 heavy (non-hydrogen) atoms. The molecule has 0 aliphatic carbocycles. The first-order chi connectivity index (χ1) is 8.95. The van der Waals surface area contributed by atoms with Gasteiger partial charge in [-0.25, -0.2) is 0 Å². The maximum absolute atomic E-state index is 12.0. The molecule has 1 aliphatic rings. The number of carbonyl (C=O) groups excluding carboxylic acids is 1. The Morgan fingerprint density at radius 3 is 2.47 bits per heavy atom. The zero-order valence-electron chi connectivity index (χ0n) is 10.8. The van der Waals surface area contributed by atoms with Crippen LogP contribution >= 0.6 is 23.8 Å². The van der Waals surface area contributed by atoms with Gasteiger partial charge in [-0.15, -0.1) is 0 Å². The van der Waals surface area contributed by atoms with Gasteiger partial charge in [0, 0.05) is 14.1 Å². The molecule has 1 aromatic rings. The summed E-state index contributed by atoms with van der Waals surface area (Å²) in [6.07, 6.45) is 1.75. The van der Waals surface area contributed by atoms with Gasteiger partial charge in [-0.1, -0.05) is 17.7 Å². The molecular weight excluding hydrogens is 284 g/mol. The van der Waals surface area contributed by atoms with Crippen molar-refractivity contribution < 1.29 is 9.53 Å². The largest absolute Gasteiger partial charge is 0.495 e. The summed E-state index contributed by atoms with van der Waals surface area (Å²) < 4.78 is 5.09. The van der Waals surface area contributed by atoms with Gasteiger partial charge in [0.15, 0.2) is 5.11 Å². The molecule has 0 bridgehead atoms. The fourth-order valence-corrected chi connectivity index (χ4v) is 2.27. The van der Waals surface area contributed by atoms with Gasteiger partial charge in [0.25, 0.3) is 5.91 Å². The van der Waals surface area contributed by atoms with Gasteiger partial charge >= 0.3 is 0 Å². The maximum Gasteiger partial charge on any atom is 0.276 e. The van der Waals surface area contributed by atoms with Crippen LogP contribution in [0.5, 0.6) is 5.75 Å². The van der Waals surface area contributed by atoms with E-state index in [0.717, 1.165) is 5.56 Å². The van der Waals surface area contributed by atoms with Gasteiger partial charge in [-0.2, -0.15) is 0 Å². The van der Waals surface area contributed by atoms with Gasteiger partial charge < -0.3 is 9.64 Å². The lowest BCUT2D eigenvalue weighted by atomic mass is 10.1. The van der Waals surface area contributed by atoms with Crippen LogP contribution in [-0.4, -0.2) is 42.0 Å². The van der Waals surface area contributed by atoms with Crippen molar-refractivity contribution in [3.8, 4) is 5.75 Å². The molecule has 0 unspecified atom stereocenters. The molecule has 4 nitrogen and oxygen atoms in total. The summed E-state index contributed by atoms with van der Waals surface area (Å²) in [7, 11) is 4.98. The molecule has 1 aliphatic heterocycles. The van der Waals surface area contributed by atoms with Crippen molar-refractivity contribution >= 4 is 40.9 Å². The van der Waals surface area contributed by atoms with E-state index in [1.165, 1.54) is 4.90 Å². The number of hydrogen-bond donors (Lipinski definition) is 0. The Labute approximate surface area is 122 Å². The summed E-state index contributed by atoms with van der Waals surface area (Å²) in [5.41, 5.74) is 1.34. The highest BCUT2D eigenvalue weighted by Gasteiger charge is 2.32. The van der Waals surface area contributed by atoms with E-state index in [1.54, 1.807) is 44.3 Å². The van der Waals surface area contributed by atoms with E-state index in [0.29, 0.717) is 21.6 Å². The molecular formula is C13H13ClN2O2S. The van der Waals surface area contributed by atoms with Crippen molar-refractivity contribution in [1.82, 2.24) is 9.80 Å². The molecule has 1 aromatic carbocycles.